The van der Waals surface area contributed by atoms with Gasteiger partial charge in [0.2, 0.25) is 5.43 Å². The number of fused-ring (bicyclic) bond motifs is 1. The number of phenols is 1. The summed E-state index contributed by atoms with van der Waals surface area (Å²) in [5, 5.41) is 41.0. The number of ether oxygens (including phenoxy) is 3. The second-order valence-electron chi connectivity index (χ2n) is 10.1. The summed E-state index contributed by atoms with van der Waals surface area (Å²) in [7, 11) is 4.44. The maximum absolute atomic E-state index is 14.2. The van der Waals surface area contributed by atoms with E-state index in [9.17, 15) is 24.9 Å². The van der Waals surface area contributed by atoms with Gasteiger partial charge < -0.3 is 40.2 Å². The molecule has 5 N–H and O–H groups in total. The van der Waals surface area contributed by atoms with E-state index < -0.39 is 5.43 Å². The van der Waals surface area contributed by atoms with Gasteiger partial charge in [-0.1, -0.05) is 11.6 Å². The quantitative estimate of drug-likeness (QED) is 0.104. The number of rotatable bonds is 9. The van der Waals surface area contributed by atoms with Crippen LogP contribution in [0, 0.1) is 0 Å². The zero-order valence-corrected chi connectivity index (χ0v) is 23.2. The maximum Gasteiger partial charge on any atom is 0.230 e. The van der Waals surface area contributed by atoms with Crippen molar-refractivity contribution in [2.45, 2.75) is 13.3 Å². The zero-order chi connectivity index (χ0) is 29.2. The van der Waals surface area contributed by atoms with Gasteiger partial charge in [0.25, 0.3) is 0 Å². The topological polar surface area (TPSA) is 147 Å². The van der Waals surface area contributed by atoms with Crippen molar-refractivity contribution in [2.75, 3.05) is 58.3 Å². The van der Waals surface area contributed by atoms with Crippen LogP contribution in [0.1, 0.15) is 18.1 Å². The average molecular weight is 559 g/mol. The summed E-state index contributed by atoms with van der Waals surface area (Å²) in [5.41, 5.74) is 2.18. The van der Waals surface area contributed by atoms with Crippen LogP contribution in [-0.4, -0.2) is 63.0 Å². The standard InChI is InChI=1S/C31H30N2O8/c1-13-9-14-20-21-15(10-13)31(41-4)30(38)22-16(32-5-7-34)11-18(39-2)24(26(21)22)25-19(40-3)12-17(36)23(27(20)25)29(37)28(14)33-6-8-35/h9,11-12,32-35,37H,5-8,10H2,1-4H3. The average Bonchev–Trinajstić information content (AvgIpc) is 3.11. The summed E-state index contributed by atoms with van der Waals surface area (Å²) in [6, 6.07) is 3.02. The first kappa shape index (κ1) is 26.7. The molecule has 0 heterocycles. The number of allylic oxidation sites excluding steroid dienone is 1. The summed E-state index contributed by atoms with van der Waals surface area (Å²) in [4.78, 5) is 27.8. The fraction of sp³-hybridized carbons (Fsp3) is 0.290. The van der Waals surface area contributed by atoms with Crippen molar-refractivity contribution in [3.63, 3.8) is 0 Å². The van der Waals surface area contributed by atoms with Gasteiger partial charge in [0, 0.05) is 69.0 Å². The van der Waals surface area contributed by atoms with E-state index in [1.807, 2.05) is 13.0 Å². The van der Waals surface area contributed by atoms with E-state index in [0.717, 1.165) is 5.57 Å². The Kier molecular flexibility index (Phi) is 6.39. The Labute approximate surface area is 234 Å². The third-order valence-electron chi connectivity index (χ3n) is 7.90. The number of hydrogen-bond donors (Lipinski definition) is 5. The Bertz CT molecular complexity index is 2020. The van der Waals surface area contributed by atoms with Gasteiger partial charge in [-0.25, -0.2) is 0 Å². The molecule has 1 aliphatic rings. The van der Waals surface area contributed by atoms with Gasteiger partial charge in [0.1, 0.15) is 11.5 Å². The van der Waals surface area contributed by atoms with Gasteiger partial charge >= 0.3 is 0 Å². The molecule has 10 nitrogen and oxygen atoms in total. The SMILES string of the molecule is COc1c2c3c4c(c(NCCO)c(O)c5c(=O)cc(OC)c(c6c(OC)cc(NCCO)c(c1=O)c63)c54)C=C(C)C2. The van der Waals surface area contributed by atoms with Crippen LogP contribution in [0.2, 0.25) is 0 Å². The summed E-state index contributed by atoms with van der Waals surface area (Å²) in [6.45, 7) is 1.91. The monoisotopic (exact) mass is 558 g/mol. The lowest BCUT2D eigenvalue weighted by molar-refractivity contribution is 0.310. The van der Waals surface area contributed by atoms with Crippen LogP contribution >= 0.6 is 0 Å². The minimum atomic E-state index is -0.438. The number of aromatic hydroxyl groups is 1. The van der Waals surface area contributed by atoms with Crippen molar-refractivity contribution in [1.29, 1.82) is 0 Å². The highest BCUT2D eigenvalue weighted by Gasteiger charge is 2.32. The molecule has 0 fully saturated rings. The Morgan fingerprint density at radius 2 is 1.41 bits per heavy atom. The number of benzene rings is 5. The lowest BCUT2D eigenvalue weighted by atomic mass is 9.83. The zero-order valence-electron chi connectivity index (χ0n) is 23.2. The molecule has 0 radical (unpaired) electrons. The Morgan fingerprint density at radius 3 is 2.05 bits per heavy atom. The van der Waals surface area contributed by atoms with Gasteiger partial charge in [-0.2, -0.15) is 0 Å². The van der Waals surface area contributed by atoms with Crippen LogP contribution in [0.5, 0.6) is 23.0 Å². The van der Waals surface area contributed by atoms with Gasteiger partial charge in [0.15, 0.2) is 16.9 Å². The molecule has 0 bridgehead atoms. The molecule has 0 amide bonds. The fourth-order valence-corrected chi connectivity index (χ4v) is 6.44. The van der Waals surface area contributed by atoms with E-state index in [-0.39, 0.29) is 54.4 Å². The molecule has 0 atom stereocenters. The molecule has 1 aliphatic carbocycles. The number of hydrogen-bond acceptors (Lipinski definition) is 10. The normalized spacial score (nSPS) is 12.9. The minimum Gasteiger partial charge on any atom is -0.505 e. The summed E-state index contributed by atoms with van der Waals surface area (Å²) >= 11 is 0. The molecular weight excluding hydrogens is 528 g/mol. The van der Waals surface area contributed by atoms with Crippen LogP contribution in [0.4, 0.5) is 11.4 Å². The van der Waals surface area contributed by atoms with E-state index in [1.54, 1.807) is 6.07 Å². The lowest BCUT2D eigenvalue weighted by Gasteiger charge is -2.24. The van der Waals surface area contributed by atoms with E-state index in [0.29, 0.717) is 72.4 Å². The maximum atomic E-state index is 14.2. The number of aliphatic hydroxyl groups excluding tert-OH is 2. The molecule has 0 saturated heterocycles. The van der Waals surface area contributed by atoms with E-state index >= 15 is 0 Å². The van der Waals surface area contributed by atoms with Crippen LogP contribution in [0.3, 0.4) is 0 Å². The van der Waals surface area contributed by atoms with Crippen LogP contribution in [0.15, 0.2) is 27.3 Å². The van der Waals surface area contributed by atoms with E-state index in [1.165, 1.54) is 27.4 Å². The predicted octanol–water partition coefficient (Wildman–Crippen LogP) is 3.39. The van der Waals surface area contributed by atoms with E-state index in [4.69, 9.17) is 14.2 Å². The van der Waals surface area contributed by atoms with Crippen molar-refractivity contribution < 1.29 is 29.5 Å². The van der Waals surface area contributed by atoms with Gasteiger partial charge in [0.05, 0.1) is 51.0 Å². The largest absolute Gasteiger partial charge is 0.505 e. The van der Waals surface area contributed by atoms with Gasteiger partial charge in [-0.05, 0) is 18.7 Å². The van der Waals surface area contributed by atoms with Gasteiger partial charge in [-0.15, -0.1) is 0 Å². The third-order valence-corrected chi connectivity index (χ3v) is 7.90. The number of methoxy groups -OCH3 is 3. The van der Waals surface area contributed by atoms with Crippen molar-refractivity contribution in [3.05, 3.63) is 49.3 Å². The number of anilines is 2. The summed E-state index contributed by atoms with van der Waals surface area (Å²) < 4.78 is 17.4. The highest BCUT2D eigenvalue weighted by atomic mass is 16.5. The molecule has 0 aliphatic heterocycles. The molecule has 5 aromatic rings. The summed E-state index contributed by atoms with van der Waals surface area (Å²) in [5.74, 6) is 0.638. The molecule has 0 saturated carbocycles. The first-order chi connectivity index (χ1) is 19.8. The predicted molar refractivity (Wildman–Crippen MR) is 161 cm³/mol. The highest BCUT2D eigenvalue weighted by Crippen LogP contribution is 2.55. The number of aliphatic hydroxyl groups is 2. The first-order valence-electron chi connectivity index (χ1n) is 13.2. The molecule has 0 aromatic heterocycles. The van der Waals surface area contributed by atoms with Crippen molar-refractivity contribution >= 4 is 60.5 Å². The Balaban J connectivity index is 2.07. The molecule has 10 heteroatoms. The molecule has 6 rings (SSSR count). The Hall–Kier alpha value is -4.54. The molecule has 5 aromatic carbocycles. The van der Waals surface area contributed by atoms with Crippen LogP contribution < -0.4 is 35.7 Å². The van der Waals surface area contributed by atoms with Crippen molar-refractivity contribution in [2.24, 2.45) is 0 Å². The van der Waals surface area contributed by atoms with Crippen molar-refractivity contribution in [1.82, 2.24) is 0 Å². The lowest BCUT2D eigenvalue weighted by Crippen LogP contribution is -2.15. The smallest absolute Gasteiger partial charge is 0.230 e. The van der Waals surface area contributed by atoms with E-state index in [2.05, 4.69) is 10.6 Å². The number of phenolic OH excluding ortho intramolecular Hbond substituents is 1. The highest BCUT2D eigenvalue weighted by molar-refractivity contribution is 6.40. The second-order valence-corrected chi connectivity index (χ2v) is 10.1. The van der Waals surface area contributed by atoms with Crippen LogP contribution in [-0.2, 0) is 6.42 Å². The number of nitrogens with one attached hydrogen (secondary N) is 2. The van der Waals surface area contributed by atoms with Crippen LogP contribution in [0.25, 0.3) is 49.2 Å². The van der Waals surface area contributed by atoms with Gasteiger partial charge in [-0.3, -0.25) is 9.59 Å². The minimum absolute atomic E-state index is 0.0902. The molecule has 0 spiro atoms. The first-order valence-corrected chi connectivity index (χ1v) is 13.2. The molecule has 212 valence electrons. The Morgan fingerprint density at radius 1 is 0.780 bits per heavy atom. The van der Waals surface area contributed by atoms with Crippen molar-refractivity contribution in [3.8, 4) is 23.0 Å². The molecular formula is C31H30N2O8. The second kappa shape index (κ2) is 9.83. The fourth-order valence-electron chi connectivity index (χ4n) is 6.44. The summed E-state index contributed by atoms with van der Waals surface area (Å²) in [6.07, 6.45) is 2.30. The molecule has 0 unspecified atom stereocenters. The third kappa shape index (κ3) is 3.57. The molecule has 41 heavy (non-hydrogen) atoms.